The quantitative estimate of drug-likeness (QED) is 0.898. The highest BCUT2D eigenvalue weighted by atomic mass is 35.5. The van der Waals surface area contributed by atoms with E-state index >= 15 is 0 Å². The molecule has 118 valence electrons. The summed E-state index contributed by atoms with van der Waals surface area (Å²) in [4.78, 5) is 14.0. The van der Waals surface area contributed by atoms with E-state index in [0.29, 0.717) is 5.92 Å². The number of halogens is 1. The van der Waals surface area contributed by atoms with Crippen LogP contribution < -0.4 is 15.8 Å². The van der Waals surface area contributed by atoms with Gasteiger partial charge in [-0.25, -0.2) is 4.79 Å². The van der Waals surface area contributed by atoms with Crippen LogP contribution in [0.15, 0.2) is 24.3 Å². The number of nitrogens with zero attached hydrogens (tertiary/aromatic N) is 1. The van der Waals surface area contributed by atoms with Gasteiger partial charge < -0.3 is 20.7 Å². The SMILES string of the molecule is COc1cccc(NC(=O)N2CCC(CCN)CC2)c1.Cl. The third-order valence-corrected chi connectivity index (χ3v) is 3.80. The second-order valence-electron chi connectivity index (χ2n) is 5.17. The summed E-state index contributed by atoms with van der Waals surface area (Å²) < 4.78 is 5.15. The van der Waals surface area contributed by atoms with Gasteiger partial charge in [0.05, 0.1) is 7.11 Å². The summed E-state index contributed by atoms with van der Waals surface area (Å²) in [7, 11) is 1.61. The van der Waals surface area contributed by atoms with Crippen LogP contribution in [0.3, 0.4) is 0 Å². The van der Waals surface area contributed by atoms with E-state index in [1.807, 2.05) is 29.2 Å². The summed E-state index contributed by atoms with van der Waals surface area (Å²) in [6.45, 7) is 2.35. The molecule has 1 heterocycles. The van der Waals surface area contributed by atoms with Gasteiger partial charge in [0.15, 0.2) is 0 Å². The second-order valence-corrected chi connectivity index (χ2v) is 5.17. The predicted molar refractivity (Wildman–Crippen MR) is 87.2 cm³/mol. The van der Waals surface area contributed by atoms with Gasteiger partial charge in [-0.2, -0.15) is 0 Å². The summed E-state index contributed by atoms with van der Waals surface area (Å²) in [5.74, 6) is 1.41. The molecule has 5 nitrogen and oxygen atoms in total. The van der Waals surface area contributed by atoms with Gasteiger partial charge in [0.2, 0.25) is 0 Å². The highest BCUT2D eigenvalue weighted by Crippen LogP contribution is 2.21. The molecule has 0 radical (unpaired) electrons. The van der Waals surface area contributed by atoms with Crippen LogP contribution in [0.4, 0.5) is 10.5 Å². The first-order valence-corrected chi connectivity index (χ1v) is 7.13. The Balaban J connectivity index is 0.00000220. The maximum absolute atomic E-state index is 12.2. The standard InChI is InChI=1S/C15H23N3O2.ClH/c1-20-14-4-2-3-13(11-14)17-15(19)18-9-6-12(5-8-16)7-10-18;/h2-4,11-12H,5-10,16H2,1H3,(H,17,19);1H. The van der Waals surface area contributed by atoms with E-state index in [2.05, 4.69) is 5.32 Å². The van der Waals surface area contributed by atoms with Crippen molar-refractivity contribution in [1.29, 1.82) is 0 Å². The molecular weight excluding hydrogens is 290 g/mol. The predicted octanol–water partition coefficient (Wildman–Crippen LogP) is 2.71. The molecule has 1 aromatic rings. The van der Waals surface area contributed by atoms with Crippen molar-refractivity contribution in [3.63, 3.8) is 0 Å². The largest absolute Gasteiger partial charge is 0.497 e. The molecule has 21 heavy (non-hydrogen) atoms. The number of methoxy groups -OCH3 is 1. The molecule has 1 aromatic carbocycles. The second kappa shape index (κ2) is 8.74. The van der Waals surface area contributed by atoms with E-state index < -0.39 is 0 Å². The molecule has 1 fully saturated rings. The lowest BCUT2D eigenvalue weighted by Crippen LogP contribution is -2.41. The molecule has 0 aliphatic carbocycles. The number of carbonyl (C=O) groups excluding carboxylic acids is 1. The average Bonchev–Trinajstić information content (AvgIpc) is 2.48. The molecular formula is C15H24ClN3O2. The Hall–Kier alpha value is -1.46. The van der Waals surface area contributed by atoms with Gasteiger partial charge in [-0.1, -0.05) is 6.07 Å². The number of likely N-dealkylation sites (tertiary alicyclic amines) is 1. The number of carbonyl (C=O) groups is 1. The number of benzene rings is 1. The van der Waals surface area contributed by atoms with E-state index in [9.17, 15) is 4.79 Å². The number of amides is 2. The first kappa shape index (κ1) is 17.6. The van der Waals surface area contributed by atoms with E-state index in [0.717, 1.165) is 50.3 Å². The lowest BCUT2D eigenvalue weighted by Gasteiger charge is -2.31. The van der Waals surface area contributed by atoms with Crippen LogP contribution >= 0.6 is 12.4 Å². The number of nitrogens with one attached hydrogen (secondary N) is 1. The first-order valence-electron chi connectivity index (χ1n) is 7.13. The molecule has 0 atom stereocenters. The van der Waals surface area contributed by atoms with Crippen LogP contribution in [0, 0.1) is 5.92 Å². The minimum atomic E-state index is -0.0375. The van der Waals surface area contributed by atoms with Crippen molar-refractivity contribution in [2.75, 3.05) is 32.1 Å². The van der Waals surface area contributed by atoms with Crippen molar-refractivity contribution in [1.82, 2.24) is 4.90 Å². The Labute approximate surface area is 132 Å². The zero-order valence-corrected chi connectivity index (χ0v) is 13.2. The van der Waals surface area contributed by atoms with Crippen molar-refractivity contribution in [3.05, 3.63) is 24.3 Å². The smallest absolute Gasteiger partial charge is 0.321 e. The molecule has 3 N–H and O–H groups in total. The molecule has 1 aliphatic heterocycles. The minimum Gasteiger partial charge on any atom is -0.497 e. The summed E-state index contributed by atoms with van der Waals surface area (Å²) in [5, 5.41) is 2.92. The van der Waals surface area contributed by atoms with Gasteiger partial charge in [-0.05, 0) is 43.9 Å². The van der Waals surface area contributed by atoms with Crippen LogP contribution in [-0.2, 0) is 0 Å². The number of hydrogen-bond acceptors (Lipinski definition) is 3. The molecule has 0 unspecified atom stereocenters. The molecule has 6 heteroatoms. The normalized spacial score (nSPS) is 15.2. The van der Waals surface area contributed by atoms with Crippen LogP contribution in [0.2, 0.25) is 0 Å². The summed E-state index contributed by atoms with van der Waals surface area (Å²) >= 11 is 0. The van der Waals surface area contributed by atoms with Gasteiger partial charge in [0.1, 0.15) is 5.75 Å². The molecule has 2 amide bonds. The van der Waals surface area contributed by atoms with E-state index in [-0.39, 0.29) is 18.4 Å². The summed E-state index contributed by atoms with van der Waals surface area (Å²) in [6.07, 6.45) is 3.15. The highest BCUT2D eigenvalue weighted by Gasteiger charge is 2.22. The van der Waals surface area contributed by atoms with Gasteiger partial charge >= 0.3 is 6.03 Å². The zero-order valence-electron chi connectivity index (χ0n) is 12.4. The Morgan fingerprint density at radius 2 is 2.14 bits per heavy atom. The Morgan fingerprint density at radius 3 is 2.76 bits per heavy atom. The molecule has 0 aromatic heterocycles. The lowest BCUT2D eigenvalue weighted by molar-refractivity contribution is 0.180. The van der Waals surface area contributed by atoms with E-state index in [1.54, 1.807) is 7.11 Å². The number of rotatable bonds is 4. The molecule has 1 aliphatic rings. The van der Waals surface area contributed by atoms with Gasteiger partial charge in [-0.15, -0.1) is 12.4 Å². The molecule has 0 bridgehead atoms. The first-order chi connectivity index (χ1) is 9.72. The molecule has 0 saturated carbocycles. The summed E-state index contributed by atoms with van der Waals surface area (Å²) in [5.41, 5.74) is 6.34. The minimum absolute atomic E-state index is 0. The topological polar surface area (TPSA) is 67.6 Å². The Kier molecular flexibility index (Phi) is 7.32. The number of ether oxygens (including phenoxy) is 1. The van der Waals surface area contributed by atoms with Crippen LogP contribution in [0.1, 0.15) is 19.3 Å². The Bertz CT molecular complexity index is 448. The number of piperidine rings is 1. The van der Waals surface area contributed by atoms with Gasteiger partial charge in [-0.3, -0.25) is 0 Å². The van der Waals surface area contributed by atoms with Crippen molar-refractivity contribution < 1.29 is 9.53 Å². The average molecular weight is 314 g/mol. The third kappa shape index (κ3) is 5.10. The molecule has 2 rings (SSSR count). The fourth-order valence-corrected chi connectivity index (χ4v) is 2.56. The molecule has 0 spiro atoms. The third-order valence-electron chi connectivity index (χ3n) is 3.80. The zero-order chi connectivity index (χ0) is 14.4. The monoisotopic (exact) mass is 313 g/mol. The fraction of sp³-hybridized carbons (Fsp3) is 0.533. The number of urea groups is 1. The maximum Gasteiger partial charge on any atom is 0.321 e. The highest BCUT2D eigenvalue weighted by molar-refractivity contribution is 5.89. The number of nitrogens with two attached hydrogens (primary N) is 1. The van der Waals surface area contributed by atoms with Crippen LogP contribution in [0.5, 0.6) is 5.75 Å². The van der Waals surface area contributed by atoms with Crippen LogP contribution in [-0.4, -0.2) is 37.7 Å². The van der Waals surface area contributed by atoms with Gasteiger partial charge in [0, 0.05) is 24.8 Å². The van der Waals surface area contributed by atoms with Crippen LogP contribution in [0.25, 0.3) is 0 Å². The van der Waals surface area contributed by atoms with Gasteiger partial charge in [0.25, 0.3) is 0 Å². The number of anilines is 1. The van der Waals surface area contributed by atoms with Crippen molar-refractivity contribution in [2.24, 2.45) is 11.7 Å². The van der Waals surface area contributed by atoms with Crippen molar-refractivity contribution in [2.45, 2.75) is 19.3 Å². The Morgan fingerprint density at radius 1 is 1.43 bits per heavy atom. The lowest BCUT2D eigenvalue weighted by atomic mass is 9.94. The van der Waals surface area contributed by atoms with E-state index in [1.165, 1.54) is 0 Å². The number of hydrogen-bond donors (Lipinski definition) is 2. The summed E-state index contributed by atoms with van der Waals surface area (Å²) in [6, 6.07) is 7.36. The molecule has 1 saturated heterocycles. The maximum atomic E-state index is 12.2. The van der Waals surface area contributed by atoms with E-state index in [4.69, 9.17) is 10.5 Å². The van der Waals surface area contributed by atoms with Crippen molar-refractivity contribution >= 4 is 24.1 Å². The fourth-order valence-electron chi connectivity index (χ4n) is 2.56. The van der Waals surface area contributed by atoms with Crippen molar-refractivity contribution in [3.8, 4) is 5.75 Å².